The molecule has 32 heavy (non-hydrogen) atoms. The van der Waals surface area contributed by atoms with Crippen molar-refractivity contribution in [2.75, 3.05) is 0 Å². The second-order valence-corrected chi connectivity index (χ2v) is 9.33. The molecule has 2 fully saturated rings. The summed E-state index contributed by atoms with van der Waals surface area (Å²) in [7, 11) is 0. The Kier molecular flexibility index (Phi) is 7.04. The number of halogens is 1. The van der Waals surface area contributed by atoms with Gasteiger partial charge in [-0.2, -0.15) is 0 Å². The van der Waals surface area contributed by atoms with E-state index >= 15 is 0 Å². The second-order valence-electron chi connectivity index (χ2n) is 9.33. The number of aromatic nitrogens is 1. The van der Waals surface area contributed by atoms with Crippen LogP contribution in [0.5, 0.6) is 0 Å². The van der Waals surface area contributed by atoms with Gasteiger partial charge in [-0.1, -0.05) is 45.3 Å². The molecule has 2 atom stereocenters. The van der Waals surface area contributed by atoms with Gasteiger partial charge in [0.15, 0.2) is 0 Å². The Morgan fingerprint density at radius 3 is 2.47 bits per heavy atom. The molecule has 4 nitrogen and oxygen atoms in total. The molecule has 5 heteroatoms. The zero-order valence-electron chi connectivity index (χ0n) is 18.9. The van der Waals surface area contributed by atoms with Gasteiger partial charge < -0.3 is 9.84 Å². The van der Waals surface area contributed by atoms with Crippen LogP contribution in [0.15, 0.2) is 36.4 Å². The molecule has 0 spiro atoms. The van der Waals surface area contributed by atoms with Gasteiger partial charge in [-0.05, 0) is 61.1 Å². The van der Waals surface area contributed by atoms with Crippen LogP contribution >= 0.6 is 0 Å². The predicted molar refractivity (Wildman–Crippen MR) is 123 cm³/mol. The monoisotopic (exact) mass is 437 g/mol. The van der Waals surface area contributed by atoms with E-state index in [0.29, 0.717) is 18.8 Å². The van der Waals surface area contributed by atoms with Crippen molar-refractivity contribution in [3.8, 4) is 11.3 Å². The van der Waals surface area contributed by atoms with E-state index in [9.17, 15) is 14.3 Å². The van der Waals surface area contributed by atoms with Crippen molar-refractivity contribution in [1.29, 1.82) is 0 Å². The highest BCUT2D eigenvalue weighted by Crippen LogP contribution is 2.37. The van der Waals surface area contributed by atoms with E-state index in [1.807, 2.05) is 12.2 Å². The number of benzene rings is 1. The van der Waals surface area contributed by atoms with Crippen LogP contribution < -0.4 is 0 Å². The van der Waals surface area contributed by atoms with Gasteiger partial charge in [0, 0.05) is 29.2 Å². The number of ether oxygens (including phenoxy) is 1. The summed E-state index contributed by atoms with van der Waals surface area (Å²) in [5, 5.41) is 9.56. The number of nitrogens with zero attached hydrogens (tertiary/aromatic N) is 1. The van der Waals surface area contributed by atoms with Gasteiger partial charge in [-0.25, -0.2) is 4.39 Å². The quantitative estimate of drug-likeness (QED) is 0.554. The van der Waals surface area contributed by atoms with Gasteiger partial charge in [0.1, 0.15) is 5.82 Å². The minimum absolute atomic E-state index is 0.263. The first kappa shape index (κ1) is 22.7. The maximum atomic E-state index is 13.6. The molecule has 0 radical (unpaired) electrons. The zero-order valence-corrected chi connectivity index (χ0v) is 18.9. The lowest BCUT2D eigenvalue weighted by atomic mass is 9.84. The van der Waals surface area contributed by atoms with E-state index in [1.165, 1.54) is 37.0 Å². The highest BCUT2D eigenvalue weighted by atomic mass is 19.1. The van der Waals surface area contributed by atoms with Crippen molar-refractivity contribution in [1.82, 2.24) is 4.98 Å². The van der Waals surface area contributed by atoms with E-state index in [1.54, 1.807) is 12.1 Å². The molecule has 2 heterocycles. The third-order valence-electron chi connectivity index (χ3n) is 6.65. The summed E-state index contributed by atoms with van der Waals surface area (Å²) in [6.07, 6.45) is 9.85. The first-order chi connectivity index (χ1) is 15.4. The fourth-order valence-corrected chi connectivity index (χ4v) is 4.79. The number of pyridine rings is 1. The zero-order chi connectivity index (χ0) is 22.7. The lowest BCUT2D eigenvalue weighted by Gasteiger charge is -2.25. The van der Waals surface area contributed by atoms with Gasteiger partial charge in [0.25, 0.3) is 0 Å². The molecule has 170 valence electrons. The Bertz CT molecular complexity index is 977. The van der Waals surface area contributed by atoms with Gasteiger partial charge in [0.2, 0.25) is 6.29 Å². The van der Waals surface area contributed by atoms with Crippen LogP contribution in [0, 0.1) is 11.7 Å². The van der Waals surface area contributed by atoms with Crippen LogP contribution in [0.2, 0.25) is 0 Å². The largest absolute Gasteiger partial charge is 0.436 e. The SMILES string of the molecule is CC(C)c1cc(C2CCCCC2)nc(-c2ccc(F)cc2)c1/C=C/C1CC[C@@H](O)OC1=O. The Labute approximate surface area is 189 Å². The number of rotatable bonds is 5. The van der Waals surface area contributed by atoms with Gasteiger partial charge in [-0.3, -0.25) is 9.78 Å². The van der Waals surface area contributed by atoms with Crippen molar-refractivity contribution in [2.45, 2.75) is 76.9 Å². The Morgan fingerprint density at radius 2 is 1.81 bits per heavy atom. The molecule has 1 unspecified atom stereocenters. The predicted octanol–water partition coefficient (Wildman–Crippen LogP) is 6.34. The van der Waals surface area contributed by atoms with Gasteiger partial charge >= 0.3 is 5.97 Å². The highest BCUT2D eigenvalue weighted by molar-refractivity contribution is 5.79. The highest BCUT2D eigenvalue weighted by Gasteiger charge is 2.27. The van der Waals surface area contributed by atoms with Crippen LogP contribution in [0.1, 0.15) is 87.4 Å². The molecule has 1 aromatic carbocycles. The molecule has 1 saturated carbocycles. The number of cyclic esters (lactones) is 1. The van der Waals surface area contributed by atoms with Crippen molar-refractivity contribution in [3.63, 3.8) is 0 Å². The Balaban J connectivity index is 1.79. The summed E-state index contributed by atoms with van der Waals surface area (Å²) < 4.78 is 18.6. The lowest BCUT2D eigenvalue weighted by molar-refractivity contribution is -0.180. The maximum Gasteiger partial charge on any atom is 0.315 e. The van der Waals surface area contributed by atoms with Crippen molar-refractivity contribution in [2.24, 2.45) is 5.92 Å². The number of aliphatic hydroxyl groups excluding tert-OH is 1. The molecule has 1 aliphatic carbocycles. The Morgan fingerprint density at radius 1 is 1.09 bits per heavy atom. The fourth-order valence-electron chi connectivity index (χ4n) is 4.79. The van der Waals surface area contributed by atoms with Crippen LogP contribution in [-0.2, 0) is 9.53 Å². The number of esters is 1. The molecule has 2 aliphatic rings. The fraction of sp³-hybridized carbons (Fsp3) is 0.481. The maximum absolute atomic E-state index is 13.6. The van der Waals surface area contributed by atoms with Crippen molar-refractivity contribution >= 4 is 12.0 Å². The number of aliphatic hydroxyl groups is 1. The second kappa shape index (κ2) is 9.95. The van der Waals surface area contributed by atoms with Crippen LogP contribution in [0.3, 0.4) is 0 Å². The molecule has 1 aliphatic heterocycles. The number of hydrogen-bond acceptors (Lipinski definition) is 4. The van der Waals surface area contributed by atoms with Crippen molar-refractivity contribution in [3.05, 3.63) is 59.0 Å². The smallest absolute Gasteiger partial charge is 0.315 e. The summed E-state index contributed by atoms with van der Waals surface area (Å²) in [5.74, 6) is -0.354. The van der Waals surface area contributed by atoms with Gasteiger partial charge in [0.05, 0.1) is 11.6 Å². The number of carbonyl (C=O) groups is 1. The minimum atomic E-state index is -1.01. The third kappa shape index (κ3) is 5.09. The molecule has 1 N–H and O–H groups in total. The van der Waals surface area contributed by atoms with Crippen LogP contribution in [-0.4, -0.2) is 22.3 Å². The van der Waals surface area contributed by atoms with E-state index in [-0.39, 0.29) is 11.7 Å². The van der Waals surface area contributed by atoms with Crippen molar-refractivity contribution < 1.29 is 19.0 Å². The average Bonchev–Trinajstić information content (AvgIpc) is 2.79. The number of carbonyl (C=O) groups excluding carboxylic acids is 1. The molecule has 0 amide bonds. The normalized spacial score (nSPS) is 22.5. The summed E-state index contributed by atoms with van der Waals surface area (Å²) in [4.78, 5) is 17.3. The van der Waals surface area contributed by atoms with Crippen LogP contribution in [0.4, 0.5) is 4.39 Å². The van der Waals surface area contributed by atoms with E-state index in [4.69, 9.17) is 9.72 Å². The molecule has 0 bridgehead atoms. The molecule has 1 aromatic heterocycles. The molecule has 1 saturated heterocycles. The summed E-state index contributed by atoms with van der Waals surface area (Å²) in [5.41, 5.74) is 4.96. The molecule has 2 aromatic rings. The first-order valence-electron chi connectivity index (χ1n) is 11.8. The summed E-state index contributed by atoms with van der Waals surface area (Å²) in [6, 6.07) is 8.71. The lowest BCUT2D eigenvalue weighted by Crippen LogP contribution is -2.29. The Hall–Kier alpha value is -2.53. The third-order valence-corrected chi connectivity index (χ3v) is 6.65. The molecular weight excluding hydrogens is 405 g/mol. The van der Waals surface area contributed by atoms with E-state index in [2.05, 4.69) is 19.9 Å². The van der Waals surface area contributed by atoms with E-state index in [0.717, 1.165) is 35.4 Å². The first-order valence-corrected chi connectivity index (χ1v) is 11.8. The van der Waals surface area contributed by atoms with Crippen LogP contribution in [0.25, 0.3) is 17.3 Å². The van der Waals surface area contributed by atoms with Gasteiger partial charge in [-0.15, -0.1) is 0 Å². The summed E-state index contributed by atoms with van der Waals surface area (Å²) >= 11 is 0. The topological polar surface area (TPSA) is 59.4 Å². The number of hydrogen-bond donors (Lipinski definition) is 1. The molecular formula is C27H32FNO3. The molecule has 4 rings (SSSR count). The minimum Gasteiger partial charge on any atom is -0.436 e. The average molecular weight is 438 g/mol. The summed E-state index contributed by atoms with van der Waals surface area (Å²) in [6.45, 7) is 4.33. The standard InChI is InChI=1S/C27H32FNO3/c1-17(2)23-16-24(18-6-4-3-5-7-18)29-26(19-8-12-21(28)13-9-19)22(23)14-10-20-11-15-25(30)32-27(20)31/h8-10,12-14,16-18,20,25,30H,3-7,11,15H2,1-2H3/b14-10+/t20?,25-/m0/s1. The van der Waals surface area contributed by atoms with E-state index < -0.39 is 18.2 Å².